The molecule has 4 rings (SSSR count). The van der Waals surface area contributed by atoms with Gasteiger partial charge in [-0.3, -0.25) is 14.8 Å². The van der Waals surface area contributed by atoms with Gasteiger partial charge in [-0.2, -0.15) is 0 Å². The van der Waals surface area contributed by atoms with Crippen LogP contribution >= 0.6 is 0 Å². The molecule has 2 aliphatic rings. The molecule has 2 aromatic rings. The summed E-state index contributed by atoms with van der Waals surface area (Å²) in [5.41, 5.74) is 1.87. The van der Waals surface area contributed by atoms with Crippen molar-refractivity contribution in [3.8, 4) is 11.4 Å². The van der Waals surface area contributed by atoms with Crippen LogP contribution in [0.3, 0.4) is 0 Å². The first kappa shape index (κ1) is 14.9. The van der Waals surface area contributed by atoms with Crippen LogP contribution in [0.15, 0.2) is 35.3 Å². The summed E-state index contributed by atoms with van der Waals surface area (Å²) in [6.45, 7) is 5.49. The highest BCUT2D eigenvalue weighted by Gasteiger charge is 2.41. The Hall–Kier alpha value is -2.63. The van der Waals surface area contributed by atoms with Crippen LogP contribution in [0.4, 0.5) is 10.6 Å². The van der Waals surface area contributed by atoms with Gasteiger partial charge in [0.25, 0.3) is 0 Å². The lowest BCUT2D eigenvalue weighted by atomic mass is 10.2. The Bertz CT molecular complexity index is 795. The number of carbonyl (C=O) groups excluding carboxylic acids is 1. The fourth-order valence-corrected chi connectivity index (χ4v) is 3.28. The van der Waals surface area contributed by atoms with Gasteiger partial charge in [-0.05, 0) is 12.8 Å². The van der Waals surface area contributed by atoms with Crippen molar-refractivity contribution < 1.29 is 4.79 Å². The van der Waals surface area contributed by atoms with E-state index < -0.39 is 0 Å². The molecule has 3 heterocycles. The van der Waals surface area contributed by atoms with Crippen molar-refractivity contribution in [1.82, 2.24) is 14.9 Å². The number of H-pyrrole nitrogens is 1. The molecule has 6 heteroatoms. The van der Waals surface area contributed by atoms with E-state index in [4.69, 9.17) is 9.98 Å². The molecule has 24 heavy (non-hydrogen) atoms. The van der Waals surface area contributed by atoms with E-state index in [2.05, 4.69) is 18.8 Å². The number of aromatic nitrogens is 2. The summed E-state index contributed by atoms with van der Waals surface area (Å²) in [7, 11) is 0. The van der Waals surface area contributed by atoms with Gasteiger partial charge in [0.05, 0.1) is 12.6 Å². The number of hydrogen-bond donors (Lipinski definition) is 1. The van der Waals surface area contributed by atoms with Gasteiger partial charge in [-0.1, -0.05) is 44.2 Å². The minimum absolute atomic E-state index is 0.00911. The highest BCUT2D eigenvalue weighted by Crippen LogP contribution is 2.33. The topological polar surface area (TPSA) is 64.6 Å². The van der Waals surface area contributed by atoms with Gasteiger partial charge < -0.3 is 4.98 Å². The molecule has 0 aliphatic carbocycles. The Morgan fingerprint density at radius 3 is 2.75 bits per heavy atom. The first-order valence-corrected chi connectivity index (χ1v) is 8.55. The molecule has 0 radical (unpaired) electrons. The number of amidine groups is 1. The molecule has 2 amide bonds. The Kier molecular flexibility index (Phi) is 3.59. The fourth-order valence-electron chi connectivity index (χ4n) is 3.28. The SMILES string of the molecule is CCCN1C(=O)N2CC(CC)N=C2c2[nH]c(-c3ccccc3)nc21. The van der Waals surface area contributed by atoms with Crippen molar-refractivity contribution in [2.45, 2.75) is 32.7 Å². The standard InChI is InChI=1S/C18H21N5O/c1-3-10-22-17-14(16-19-13(4-2)11-23(16)18(22)24)20-15(21-17)12-8-6-5-7-9-12/h5-9,13H,3-4,10-11H2,1-2H3,(H,20,21). The highest BCUT2D eigenvalue weighted by atomic mass is 16.2. The van der Waals surface area contributed by atoms with Crippen LogP contribution in [-0.2, 0) is 0 Å². The number of aliphatic imine (C=N–C) groups is 1. The number of nitrogens with zero attached hydrogens (tertiary/aromatic N) is 4. The molecular weight excluding hydrogens is 302 g/mol. The van der Waals surface area contributed by atoms with Crippen molar-refractivity contribution in [3.63, 3.8) is 0 Å². The summed E-state index contributed by atoms with van der Waals surface area (Å²) in [6, 6.07) is 10.1. The number of benzene rings is 1. The van der Waals surface area contributed by atoms with E-state index in [-0.39, 0.29) is 12.1 Å². The lowest BCUT2D eigenvalue weighted by molar-refractivity contribution is 0.226. The summed E-state index contributed by atoms with van der Waals surface area (Å²) >= 11 is 0. The monoisotopic (exact) mass is 323 g/mol. The Morgan fingerprint density at radius 2 is 2.04 bits per heavy atom. The highest BCUT2D eigenvalue weighted by molar-refractivity contribution is 6.18. The molecule has 0 bridgehead atoms. The van der Waals surface area contributed by atoms with Crippen LogP contribution in [0.5, 0.6) is 0 Å². The average molecular weight is 323 g/mol. The predicted molar refractivity (Wildman–Crippen MR) is 94.4 cm³/mol. The number of anilines is 1. The van der Waals surface area contributed by atoms with E-state index >= 15 is 0 Å². The summed E-state index contributed by atoms with van der Waals surface area (Å²) in [5, 5.41) is 0. The molecule has 1 unspecified atom stereocenters. The first-order chi connectivity index (χ1) is 11.7. The molecule has 0 saturated heterocycles. The summed E-state index contributed by atoms with van der Waals surface area (Å²) in [6.07, 6.45) is 1.81. The van der Waals surface area contributed by atoms with Crippen molar-refractivity contribution in [1.29, 1.82) is 0 Å². The third-order valence-electron chi connectivity index (χ3n) is 4.55. The summed E-state index contributed by atoms with van der Waals surface area (Å²) in [4.78, 5) is 29.3. The molecule has 1 aromatic heterocycles. The molecule has 0 spiro atoms. The molecule has 2 aliphatic heterocycles. The number of hydrogen-bond acceptors (Lipinski definition) is 3. The van der Waals surface area contributed by atoms with E-state index in [1.807, 2.05) is 30.3 Å². The zero-order valence-corrected chi connectivity index (χ0v) is 14.0. The maximum Gasteiger partial charge on any atom is 0.331 e. The van der Waals surface area contributed by atoms with E-state index in [0.717, 1.165) is 35.8 Å². The molecular formula is C18H21N5O. The summed E-state index contributed by atoms with van der Waals surface area (Å²) in [5.74, 6) is 2.22. The quantitative estimate of drug-likeness (QED) is 0.938. The van der Waals surface area contributed by atoms with Gasteiger partial charge in [-0.15, -0.1) is 0 Å². The van der Waals surface area contributed by atoms with Crippen LogP contribution in [0, 0.1) is 0 Å². The average Bonchev–Trinajstić information content (AvgIpc) is 3.23. The molecule has 1 aromatic carbocycles. The van der Waals surface area contributed by atoms with Crippen LogP contribution in [0.1, 0.15) is 32.4 Å². The maximum atomic E-state index is 12.9. The minimum atomic E-state index is -0.00911. The van der Waals surface area contributed by atoms with E-state index in [0.29, 0.717) is 18.9 Å². The lowest BCUT2D eigenvalue weighted by Crippen LogP contribution is -2.50. The summed E-state index contributed by atoms with van der Waals surface area (Å²) < 4.78 is 0. The second kappa shape index (κ2) is 5.78. The van der Waals surface area contributed by atoms with Crippen molar-refractivity contribution in [2.75, 3.05) is 18.0 Å². The molecule has 0 fully saturated rings. The first-order valence-electron chi connectivity index (χ1n) is 8.55. The normalized spacial score (nSPS) is 19.3. The number of urea groups is 1. The van der Waals surface area contributed by atoms with E-state index in [1.54, 1.807) is 9.80 Å². The number of nitrogens with one attached hydrogen (secondary N) is 1. The molecule has 124 valence electrons. The zero-order chi connectivity index (χ0) is 16.7. The number of carbonyl (C=O) groups is 1. The predicted octanol–water partition coefficient (Wildman–Crippen LogP) is 3.27. The van der Waals surface area contributed by atoms with Gasteiger partial charge in [-0.25, -0.2) is 9.78 Å². The third kappa shape index (κ3) is 2.21. The van der Waals surface area contributed by atoms with Gasteiger partial charge in [0.15, 0.2) is 11.7 Å². The maximum absolute atomic E-state index is 12.9. The Labute approximate surface area is 141 Å². The van der Waals surface area contributed by atoms with Gasteiger partial charge >= 0.3 is 6.03 Å². The van der Waals surface area contributed by atoms with Crippen molar-refractivity contribution in [2.24, 2.45) is 4.99 Å². The number of rotatable bonds is 4. The second-order valence-electron chi connectivity index (χ2n) is 6.21. The molecule has 1 N–H and O–H groups in total. The van der Waals surface area contributed by atoms with Crippen LogP contribution in [-0.4, -0.2) is 45.9 Å². The van der Waals surface area contributed by atoms with Crippen LogP contribution < -0.4 is 4.90 Å². The van der Waals surface area contributed by atoms with Gasteiger partial charge in [0, 0.05) is 12.1 Å². The number of imidazole rings is 1. The largest absolute Gasteiger partial charge is 0.334 e. The van der Waals surface area contributed by atoms with E-state index in [9.17, 15) is 4.79 Å². The molecule has 0 saturated carbocycles. The molecule has 1 atom stereocenters. The van der Waals surface area contributed by atoms with E-state index in [1.165, 1.54) is 0 Å². The second-order valence-corrected chi connectivity index (χ2v) is 6.21. The minimum Gasteiger partial charge on any atom is -0.334 e. The number of amides is 2. The van der Waals surface area contributed by atoms with Crippen LogP contribution in [0.25, 0.3) is 11.4 Å². The Balaban J connectivity index is 1.84. The van der Waals surface area contributed by atoms with Gasteiger partial charge in [0.2, 0.25) is 0 Å². The Morgan fingerprint density at radius 1 is 1.25 bits per heavy atom. The molecule has 6 nitrogen and oxygen atoms in total. The third-order valence-corrected chi connectivity index (χ3v) is 4.55. The zero-order valence-electron chi connectivity index (χ0n) is 14.0. The smallest absolute Gasteiger partial charge is 0.331 e. The number of aromatic amines is 1. The van der Waals surface area contributed by atoms with Crippen LogP contribution in [0.2, 0.25) is 0 Å². The fraction of sp³-hybridized carbons (Fsp3) is 0.389. The van der Waals surface area contributed by atoms with Crippen molar-refractivity contribution >= 4 is 17.7 Å². The lowest BCUT2D eigenvalue weighted by Gasteiger charge is -2.32. The van der Waals surface area contributed by atoms with Crippen molar-refractivity contribution in [3.05, 3.63) is 36.0 Å². The van der Waals surface area contributed by atoms with Gasteiger partial charge in [0.1, 0.15) is 11.5 Å². The number of fused-ring (bicyclic) bond motifs is 3.